The van der Waals surface area contributed by atoms with Crippen LogP contribution in [0.4, 0.5) is 4.79 Å². The number of benzene rings is 1. The molecule has 1 atom stereocenters. The first kappa shape index (κ1) is 20.2. The number of ether oxygens (including phenoxy) is 2. The number of carbonyl (C=O) groups is 1. The molecule has 0 fully saturated rings. The Morgan fingerprint density at radius 3 is 2.79 bits per heavy atom. The van der Waals surface area contributed by atoms with Gasteiger partial charge in [0.1, 0.15) is 17.6 Å². The number of pyridine rings is 1. The first-order chi connectivity index (χ1) is 14.1. The first-order valence-electron chi connectivity index (χ1n) is 9.34. The van der Waals surface area contributed by atoms with Crippen LogP contribution >= 0.6 is 0 Å². The zero-order valence-corrected chi connectivity index (χ0v) is 16.8. The van der Waals surface area contributed by atoms with Gasteiger partial charge >= 0.3 is 6.03 Å². The zero-order valence-electron chi connectivity index (χ0n) is 16.8. The van der Waals surface area contributed by atoms with Crippen molar-refractivity contribution in [1.29, 1.82) is 0 Å². The molecule has 0 spiro atoms. The van der Waals surface area contributed by atoms with E-state index in [2.05, 4.69) is 20.6 Å². The largest absolute Gasteiger partial charge is 0.497 e. The van der Waals surface area contributed by atoms with Gasteiger partial charge in [0.2, 0.25) is 5.88 Å². The normalized spacial score (nSPS) is 11.6. The van der Waals surface area contributed by atoms with Crippen LogP contribution in [0.3, 0.4) is 0 Å². The van der Waals surface area contributed by atoms with E-state index in [1.807, 2.05) is 61.1 Å². The Morgan fingerprint density at radius 2 is 2.07 bits per heavy atom. The fraction of sp³-hybridized carbons (Fsp3) is 0.286. The second-order valence-electron chi connectivity index (χ2n) is 6.33. The van der Waals surface area contributed by atoms with E-state index in [9.17, 15) is 4.79 Å². The molecule has 29 heavy (non-hydrogen) atoms. The maximum absolute atomic E-state index is 12.7. The van der Waals surface area contributed by atoms with Gasteiger partial charge in [0.25, 0.3) is 0 Å². The molecular weight excluding hydrogens is 370 g/mol. The molecule has 0 aliphatic carbocycles. The molecule has 8 heteroatoms. The van der Waals surface area contributed by atoms with Gasteiger partial charge in [-0.25, -0.2) is 14.8 Å². The summed E-state index contributed by atoms with van der Waals surface area (Å²) >= 11 is 0. The molecule has 8 nitrogen and oxygen atoms in total. The van der Waals surface area contributed by atoms with Gasteiger partial charge in [0, 0.05) is 37.7 Å². The average Bonchev–Trinajstić information content (AvgIpc) is 3.17. The number of nitrogens with zero attached hydrogens (tertiary/aromatic N) is 3. The molecule has 3 aromatic rings. The molecule has 0 radical (unpaired) electrons. The molecule has 2 heterocycles. The summed E-state index contributed by atoms with van der Waals surface area (Å²) in [6, 6.07) is 10.5. The topological polar surface area (TPSA) is 90.3 Å². The van der Waals surface area contributed by atoms with E-state index in [0.29, 0.717) is 30.6 Å². The van der Waals surface area contributed by atoms with Crippen LogP contribution in [0.25, 0.3) is 0 Å². The number of carbonyl (C=O) groups excluding carboxylic acids is 1. The number of hydrogen-bond acceptors (Lipinski definition) is 5. The van der Waals surface area contributed by atoms with E-state index in [1.165, 1.54) is 0 Å². The van der Waals surface area contributed by atoms with E-state index in [4.69, 9.17) is 9.47 Å². The van der Waals surface area contributed by atoms with Crippen LogP contribution in [0.15, 0.2) is 55.0 Å². The molecule has 1 aromatic carbocycles. The maximum Gasteiger partial charge on any atom is 0.315 e. The van der Waals surface area contributed by atoms with Crippen molar-refractivity contribution in [3.63, 3.8) is 0 Å². The molecule has 0 saturated heterocycles. The fourth-order valence-electron chi connectivity index (χ4n) is 2.96. The average molecular weight is 395 g/mol. The molecule has 0 bridgehead atoms. The van der Waals surface area contributed by atoms with E-state index in [1.54, 1.807) is 19.5 Å². The van der Waals surface area contributed by atoms with Gasteiger partial charge in [0.05, 0.1) is 13.7 Å². The third-order valence-electron chi connectivity index (χ3n) is 4.39. The van der Waals surface area contributed by atoms with Crippen molar-refractivity contribution >= 4 is 6.03 Å². The lowest BCUT2D eigenvalue weighted by molar-refractivity contribution is 0.237. The van der Waals surface area contributed by atoms with E-state index in [0.717, 1.165) is 11.1 Å². The van der Waals surface area contributed by atoms with Crippen LogP contribution in [0.1, 0.15) is 29.9 Å². The van der Waals surface area contributed by atoms with E-state index >= 15 is 0 Å². The predicted molar refractivity (Wildman–Crippen MR) is 109 cm³/mol. The van der Waals surface area contributed by atoms with Gasteiger partial charge in [-0.15, -0.1) is 0 Å². The highest BCUT2D eigenvalue weighted by Crippen LogP contribution is 2.24. The van der Waals surface area contributed by atoms with Crippen molar-refractivity contribution in [2.75, 3.05) is 13.7 Å². The summed E-state index contributed by atoms with van der Waals surface area (Å²) in [5.41, 5.74) is 1.67. The maximum atomic E-state index is 12.7. The second-order valence-corrected chi connectivity index (χ2v) is 6.33. The zero-order chi connectivity index (χ0) is 20.6. The van der Waals surface area contributed by atoms with E-state index < -0.39 is 6.04 Å². The van der Waals surface area contributed by atoms with Gasteiger partial charge in [-0.05, 0) is 30.7 Å². The van der Waals surface area contributed by atoms with Crippen LogP contribution in [0.5, 0.6) is 11.6 Å². The fourth-order valence-corrected chi connectivity index (χ4v) is 2.96. The van der Waals surface area contributed by atoms with Crippen molar-refractivity contribution in [2.45, 2.75) is 19.5 Å². The Hall–Kier alpha value is -3.55. The summed E-state index contributed by atoms with van der Waals surface area (Å²) in [7, 11) is 3.50. The number of aromatic nitrogens is 3. The lowest BCUT2D eigenvalue weighted by Gasteiger charge is -2.20. The minimum absolute atomic E-state index is 0.292. The molecule has 1 unspecified atom stereocenters. The molecule has 2 aromatic heterocycles. The number of methoxy groups -OCH3 is 1. The molecular formula is C21H25N5O3. The first-order valence-corrected chi connectivity index (χ1v) is 9.34. The molecule has 0 aliphatic rings. The third-order valence-corrected chi connectivity index (χ3v) is 4.39. The molecule has 0 aliphatic heterocycles. The second kappa shape index (κ2) is 9.59. The summed E-state index contributed by atoms with van der Waals surface area (Å²) < 4.78 is 12.7. The quantitative estimate of drug-likeness (QED) is 0.612. The minimum atomic E-state index is -0.439. The predicted octanol–water partition coefficient (Wildman–Crippen LogP) is 2.81. The molecule has 152 valence electrons. The van der Waals surface area contributed by atoms with Crippen LogP contribution in [0.2, 0.25) is 0 Å². The van der Waals surface area contributed by atoms with Gasteiger partial charge < -0.3 is 24.7 Å². The number of amides is 2. The molecule has 3 rings (SSSR count). The third kappa shape index (κ3) is 5.04. The minimum Gasteiger partial charge on any atom is -0.497 e. The summed E-state index contributed by atoms with van der Waals surface area (Å²) in [5.74, 6) is 1.94. The van der Waals surface area contributed by atoms with E-state index in [-0.39, 0.29) is 6.03 Å². The summed E-state index contributed by atoms with van der Waals surface area (Å²) in [4.78, 5) is 21.3. The lowest BCUT2D eigenvalue weighted by Crippen LogP contribution is -2.39. The summed E-state index contributed by atoms with van der Waals surface area (Å²) in [6.45, 7) is 2.69. The van der Waals surface area contributed by atoms with Gasteiger partial charge in [-0.1, -0.05) is 18.2 Å². The van der Waals surface area contributed by atoms with Crippen LogP contribution in [0, 0.1) is 0 Å². The SMILES string of the molecule is CCOc1ncccc1CNC(=O)NC(c1cccc(OC)c1)c1nccn1C. The molecule has 2 N–H and O–H groups in total. The van der Waals surface area contributed by atoms with Crippen molar-refractivity contribution < 1.29 is 14.3 Å². The van der Waals surface area contributed by atoms with Crippen molar-refractivity contribution in [3.05, 3.63) is 71.9 Å². The monoisotopic (exact) mass is 395 g/mol. The number of imidazole rings is 1. The highest BCUT2D eigenvalue weighted by atomic mass is 16.5. The van der Waals surface area contributed by atoms with Crippen molar-refractivity contribution in [3.8, 4) is 11.6 Å². The number of aryl methyl sites for hydroxylation is 1. The Labute approximate surface area is 169 Å². The summed E-state index contributed by atoms with van der Waals surface area (Å²) in [6.07, 6.45) is 5.20. The number of hydrogen-bond donors (Lipinski definition) is 2. The smallest absolute Gasteiger partial charge is 0.315 e. The van der Waals surface area contributed by atoms with Crippen LogP contribution in [-0.4, -0.2) is 34.3 Å². The highest BCUT2D eigenvalue weighted by molar-refractivity contribution is 5.75. The highest BCUT2D eigenvalue weighted by Gasteiger charge is 2.21. The Bertz CT molecular complexity index is 957. The van der Waals surface area contributed by atoms with Crippen LogP contribution < -0.4 is 20.1 Å². The number of nitrogens with one attached hydrogen (secondary N) is 2. The Balaban J connectivity index is 1.76. The van der Waals surface area contributed by atoms with Gasteiger partial charge in [-0.2, -0.15) is 0 Å². The van der Waals surface area contributed by atoms with Crippen molar-refractivity contribution in [2.24, 2.45) is 7.05 Å². The standard InChI is InChI=1S/C21H25N5O3/c1-4-29-20-16(8-6-10-23-20)14-24-21(27)25-18(19-22-11-12-26(19)2)15-7-5-9-17(13-15)28-3/h5-13,18H,4,14H2,1-3H3,(H2,24,25,27). The van der Waals surface area contributed by atoms with Gasteiger partial charge in [0.15, 0.2) is 0 Å². The van der Waals surface area contributed by atoms with Gasteiger partial charge in [-0.3, -0.25) is 0 Å². The number of urea groups is 1. The van der Waals surface area contributed by atoms with Crippen molar-refractivity contribution in [1.82, 2.24) is 25.2 Å². The number of rotatable bonds is 8. The molecule has 0 saturated carbocycles. The molecule has 2 amide bonds. The van der Waals surface area contributed by atoms with Crippen LogP contribution in [-0.2, 0) is 13.6 Å². The summed E-state index contributed by atoms with van der Waals surface area (Å²) in [5, 5.41) is 5.87. The Morgan fingerprint density at radius 1 is 1.21 bits per heavy atom. The lowest BCUT2D eigenvalue weighted by atomic mass is 10.1. The Kier molecular flexibility index (Phi) is 6.67.